The van der Waals surface area contributed by atoms with Gasteiger partial charge >= 0.3 is 6.18 Å². The third kappa shape index (κ3) is 3.27. The Morgan fingerprint density at radius 3 is 2.59 bits per heavy atom. The molecular weight excluding hydrogens is 377 g/mol. The summed E-state index contributed by atoms with van der Waals surface area (Å²) < 4.78 is 39.8. The van der Waals surface area contributed by atoms with Crippen LogP contribution in [-0.2, 0) is 17.5 Å². The molecule has 142 valence electrons. The monoisotopic (exact) mass is 394 g/mol. The standard InChI is InChI=1S/C20H18ClF3N2O/c21-15-6-2-1-5-13(15)12-26-18-11-14(20(22,23)24)8-9-16(18)25-10-4-3-7-17(25)19(26)27/h1-2,5-6,8-9,11,17H,3-4,7,10,12H2/t17-/m1/s1. The van der Waals surface area contributed by atoms with Crippen LogP contribution in [0, 0.1) is 0 Å². The number of hydrogen-bond acceptors (Lipinski definition) is 2. The number of nitrogens with zero attached hydrogens (tertiary/aromatic N) is 2. The minimum atomic E-state index is -4.47. The van der Waals surface area contributed by atoms with E-state index < -0.39 is 11.7 Å². The van der Waals surface area contributed by atoms with Crippen LogP contribution in [0.15, 0.2) is 42.5 Å². The molecule has 27 heavy (non-hydrogen) atoms. The number of fused-ring (bicyclic) bond motifs is 3. The van der Waals surface area contributed by atoms with Crippen LogP contribution in [0.3, 0.4) is 0 Å². The molecule has 3 nitrogen and oxygen atoms in total. The van der Waals surface area contributed by atoms with Gasteiger partial charge in [-0.2, -0.15) is 13.2 Å². The molecule has 0 aliphatic carbocycles. The van der Waals surface area contributed by atoms with E-state index in [4.69, 9.17) is 11.6 Å². The van der Waals surface area contributed by atoms with Crippen molar-refractivity contribution >= 4 is 28.9 Å². The Morgan fingerprint density at radius 1 is 1.07 bits per heavy atom. The van der Waals surface area contributed by atoms with E-state index in [0.29, 0.717) is 34.9 Å². The fourth-order valence-corrected chi connectivity index (χ4v) is 4.09. The highest BCUT2D eigenvalue weighted by Crippen LogP contribution is 2.43. The van der Waals surface area contributed by atoms with Crippen molar-refractivity contribution in [2.24, 2.45) is 0 Å². The zero-order valence-corrected chi connectivity index (χ0v) is 15.2. The van der Waals surface area contributed by atoms with Crippen molar-refractivity contribution in [2.75, 3.05) is 16.3 Å². The van der Waals surface area contributed by atoms with E-state index in [-0.39, 0.29) is 18.5 Å². The molecule has 2 aromatic carbocycles. The van der Waals surface area contributed by atoms with Crippen molar-refractivity contribution in [3.05, 3.63) is 58.6 Å². The van der Waals surface area contributed by atoms with Crippen LogP contribution in [0.4, 0.5) is 24.5 Å². The summed E-state index contributed by atoms with van der Waals surface area (Å²) in [6.45, 7) is 0.825. The van der Waals surface area contributed by atoms with E-state index in [2.05, 4.69) is 0 Å². The number of carbonyl (C=O) groups excluding carboxylic acids is 1. The van der Waals surface area contributed by atoms with Gasteiger partial charge in [0.1, 0.15) is 6.04 Å². The Kier molecular flexibility index (Phi) is 4.54. The van der Waals surface area contributed by atoms with Gasteiger partial charge in [-0.25, -0.2) is 0 Å². The number of anilines is 2. The minimum absolute atomic E-state index is 0.150. The topological polar surface area (TPSA) is 23.6 Å². The number of halogens is 4. The Labute approximate surface area is 160 Å². The summed E-state index contributed by atoms with van der Waals surface area (Å²) in [6.07, 6.45) is -1.90. The van der Waals surface area contributed by atoms with Crippen molar-refractivity contribution in [1.82, 2.24) is 0 Å². The Bertz CT molecular complexity index is 884. The fraction of sp³-hybridized carbons (Fsp3) is 0.350. The minimum Gasteiger partial charge on any atom is -0.358 e. The molecule has 0 bridgehead atoms. The lowest BCUT2D eigenvalue weighted by molar-refractivity contribution is -0.137. The molecule has 0 aromatic heterocycles. The second kappa shape index (κ2) is 6.75. The summed E-state index contributed by atoms with van der Waals surface area (Å²) in [5, 5.41) is 0.491. The SMILES string of the molecule is O=C1[C@H]2CCCCN2c2ccc(C(F)(F)F)cc2N1Cc1ccccc1Cl. The number of benzene rings is 2. The number of rotatable bonds is 2. The van der Waals surface area contributed by atoms with Gasteiger partial charge in [0.25, 0.3) is 0 Å². The first kappa shape index (κ1) is 18.2. The van der Waals surface area contributed by atoms with Gasteiger partial charge in [0.15, 0.2) is 0 Å². The maximum atomic E-state index is 13.3. The molecule has 2 heterocycles. The lowest BCUT2D eigenvalue weighted by Gasteiger charge is -2.45. The van der Waals surface area contributed by atoms with Gasteiger partial charge < -0.3 is 9.80 Å². The molecule has 1 fully saturated rings. The van der Waals surface area contributed by atoms with Gasteiger partial charge in [-0.3, -0.25) is 4.79 Å². The molecule has 0 N–H and O–H groups in total. The van der Waals surface area contributed by atoms with Crippen molar-refractivity contribution in [3.63, 3.8) is 0 Å². The highest BCUT2D eigenvalue weighted by Gasteiger charge is 2.41. The van der Waals surface area contributed by atoms with Gasteiger partial charge in [0.2, 0.25) is 5.91 Å². The number of alkyl halides is 3. The number of piperidine rings is 1. The van der Waals surface area contributed by atoms with Gasteiger partial charge in [-0.05, 0) is 49.1 Å². The van der Waals surface area contributed by atoms with E-state index in [1.165, 1.54) is 11.0 Å². The van der Waals surface area contributed by atoms with Crippen molar-refractivity contribution in [1.29, 1.82) is 0 Å². The van der Waals surface area contributed by atoms with E-state index in [0.717, 1.165) is 25.0 Å². The normalized spacial score (nSPS) is 19.7. The molecule has 4 rings (SSSR count). The summed E-state index contributed by atoms with van der Waals surface area (Å²) in [6, 6.07) is 10.4. The van der Waals surface area contributed by atoms with Gasteiger partial charge in [-0.1, -0.05) is 29.8 Å². The summed E-state index contributed by atoms with van der Waals surface area (Å²) >= 11 is 6.23. The van der Waals surface area contributed by atoms with Crippen LogP contribution >= 0.6 is 11.6 Å². The zero-order chi connectivity index (χ0) is 19.2. The Hall–Kier alpha value is -2.21. The summed E-state index contributed by atoms with van der Waals surface area (Å²) in [4.78, 5) is 16.6. The predicted molar refractivity (Wildman–Crippen MR) is 99.1 cm³/mol. The largest absolute Gasteiger partial charge is 0.416 e. The van der Waals surface area contributed by atoms with Crippen LogP contribution in [0.5, 0.6) is 0 Å². The third-order valence-electron chi connectivity index (χ3n) is 5.24. The van der Waals surface area contributed by atoms with Crippen LogP contribution in [-0.4, -0.2) is 18.5 Å². The Morgan fingerprint density at radius 2 is 1.85 bits per heavy atom. The van der Waals surface area contributed by atoms with Crippen LogP contribution < -0.4 is 9.80 Å². The van der Waals surface area contributed by atoms with Crippen molar-refractivity contribution in [3.8, 4) is 0 Å². The fourth-order valence-electron chi connectivity index (χ4n) is 3.89. The van der Waals surface area contributed by atoms with Crippen LogP contribution in [0.1, 0.15) is 30.4 Å². The van der Waals surface area contributed by atoms with E-state index in [1.54, 1.807) is 24.3 Å². The summed E-state index contributed by atoms with van der Waals surface area (Å²) in [5.74, 6) is -0.165. The second-order valence-electron chi connectivity index (χ2n) is 6.92. The van der Waals surface area contributed by atoms with Crippen molar-refractivity contribution < 1.29 is 18.0 Å². The molecule has 0 saturated carbocycles. The Balaban J connectivity index is 1.82. The molecule has 7 heteroatoms. The number of carbonyl (C=O) groups is 1. The molecule has 2 aliphatic rings. The second-order valence-corrected chi connectivity index (χ2v) is 7.33. The first-order valence-corrected chi connectivity index (χ1v) is 9.27. The number of amides is 1. The van der Waals surface area contributed by atoms with Gasteiger partial charge in [-0.15, -0.1) is 0 Å². The van der Waals surface area contributed by atoms with Gasteiger partial charge in [0, 0.05) is 11.6 Å². The maximum Gasteiger partial charge on any atom is 0.416 e. The summed E-state index contributed by atoms with van der Waals surface area (Å²) in [5.41, 5.74) is 0.932. The quantitative estimate of drug-likeness (QED) is 0.693. The lowest BCUT2D eigenvalue weighted by Crippen LogP contribution is -2.55. The zero-order valence-electron chi connectivity index (χ0n) is 14.5. The molecule has 2 aliphatic heterocycles. The highest BCUT2D eigenvalue weighted by molar-refractivity contribution is 6.31. The molecular formula is C20H18ClF3N2O. The molecule has 1 amide bonds. The summed E-state index contributed by atoms with van der Waals surface area (Å²) in [7, 11) is 0. The first-order valence-electron chi connectivity index (χ1n) is 8.89. The van der Waals surface area contributed by atoms with E-state index in [9.17, 15) is 18.0 Å². The molecule has 1 atom stereocenters. The predicted octanol–water partition coefficient (Wildman–Crippen LogP) is 5.26. The molecule has 0 radical (unpaired) electrons. The first-order chi connectivity index (χ1) is 12.9. The highest BCUT2D eigenvalue weighted by atomic mass is 35.5. The van der Waals surface area contributed by atoms with E-state index in [1.807, 2.05) is 4.90 Å². The van der Waals surface area contributed by atoms with Crippen LogP contribution in [0.25, 0.3) is 0 Å². The smallest absolute Gasteiger partial charge is 0.358 e. The maximum absolute atomic E-state index is 13.3. The lowest BCUT2D eigenvalue weighted by atomic mass is 9.95. The van der Waals surface area contributed by atoms with Crippen molar-refractivity contribution in [2.45, 2.75) is 38.0 Å². The third-order valence-corrected chi connectivity index (χ3v) is 5.61. The molecule has 0 unspecified atom stereocenters. The van der Waals surface area contributed by atoms with Gasteiger partial charge in [0.05, 0.1) is 23.5 Å². The van der Waals surface area contributed by atoms with Crippen LogP contribution in [0.2, 0.25) is 5.02 Å². The van der Waals surface area contributed by atoms with E-state index >= 15 is 0 Å². The molecule has 2 aromatic rings. The molecule has 1 saturated heterocycles. The number of hydrogen-bond donors (Lipinski definition) is 0. The molecule has 0 spiro atoms. The average molecular weight is 395 g/mol. The average Bonchev–Trinajstić information content (AvgIpc) is 2.65.